The van der Waals surface area contributed by atoms with Gasteiger partial charge in [-0.15, -0.1) is 10.2 Å². The van der Waals surface area contributed by atoms with Gasteiger partial charge >= 0.3 is 0 Å². The number of nitrogens with one attached hydrogen (secondary N) is 1. The van der Waals surface area contributed by atoms with Crippen molar-refractivity contribution in [1.82, 2.24) is 25.1 Å². The van der Waals surface area contributed by atoms with Gasteiger partial charge in [0.2, 0.25) is 5.91 Å². The van der Waals surface area contributed by atoms with Crippen LogP contribution in [0.25, 0.3) is 11.4 Å². The van der Waals surface area contributed by atoms with Gasteiger partial charge in [0.15, 0.2) is 11.0 Å². The topological polar surface area (TPSA) is 72.7 Å². The molecule has 27 heavy (non-hydrogen) atoms. The van der Waals surface area contributed by atoms with Crippen LogP contribution in [0.4, 0.5) is 0 Å². The summed E-state index contributed by atoms with van der Waals surface area (Å²) in [7, 11) is 0. The van der Waals surface area contributed by atoms with E-state index in [0.717, 1.165) is 35.8 Å². The third-order valence-electron chi connectivity index (χ3n) is 5.61. The van der Waals surface area contributed by atoms with Crippen molar-refractivity contribution < 1.29 is 4.79 Å². The molecule has 0 bridgehead atoms. The zero-order valence-corrected chi connectivity index (χ0v) is 16.8. The van der Waals surface area contributed by atoms with Gasteiger partial charge in [0.1, 0.15) is 0 Å². The molecule has 4 rings (SSSR count). The maximum Gasteiger partial charge on any atom is 0.233 e. The maximum absolute atomic E-state index is 12.7. The summed E-state index contributed by atoms with van der Waals surface area (Å²) in [5.74, 6) is 1.54. The van der Waals surface area contributed by atoms with Crippen LogP contribution in [0.5, 0.6) is 0 Å². The first kappa shape index (κ1) is 18.5. The molecule has 2 aromatic heterocycles. The summed E-state index contributed by atoms with van der Waals surface area (Å²) in [6.07, 6.45) is 10.6. The number of amides is 1. The molecule has 7 heteroatoms. The summed E-state index contributed by atoms with van der Waals surface area (Å²) in [5.41, 5.74) is 1.02. The lowest BCUT2D eigenvalue weighted by Gasteiger charge is -2.30. The van der Waals surface area contributed by atoms with Gasteiger partial charge in [0.25, 0.3) is 0 Å². The van der Waals surface area contributed by atoms with Crippen LogP contribution in [0.3, 0.4) is 0 Å². The van der Waals surface area contributed by atoms with E-state index in [1.807, 2.05) is 19.1 Å². The molecule has 144 valence electrons. The van der Waals surface area contributed by atoms with Gasteiger partial charge in [-0.1, -0.05) is 31.5 Å². The minimum absolute atomic E-state index is 0.106. The lowest BCUT2D eigenvalue weighted by molar-refractivity contribution is -0.121. The summed E-state index contributed by atoms with van der Waals surface area (Å²) in [6, 6.07) is 4.66. The SMILES string of the molecule is C[C@@H]1CCCC[C@@H]1NC(=O)[C@@H](C)Sc1nnc(-c2ccncc2)n1C1CC1. The molecular formula is C20H27N5OS. The third-order valence-corrected chi connectivity index (χ3v) is 6.66. The second-order valence-electron chi connectivity index (χ2n) is 7.78. The summed E-state index contributed by atoms with van der Waals surface area (Å²) in [6.45, 7) is 4.21. The fourth-order valence-corrected chi connectivity index (χ4v) is 4.69. The van der Waals surface area contributed by atoms with E-state index >= 15 is 0 Å². The summed E-state index contributed by atoms with van der Waals surface area (Å²) < 4.78 is 2.20. The zero-order valence-electron chi connectivity index (χ0n) is 16.0. The van der Waals surface area contributed by atoms with Gasteiger partial charge in [-0.25, -0.2) is 0 Å². The van der Waals surface area contributed by atoms with Crippen LogP contribution in [0.2, 0.25) is 0 Å². The number of carbonyl (C=O) groups excluding carboxylic acids is 1. The molecule has 0 saturated heterocycles. The van der Waals surface area contributed by atoms with Crippen molar-refractivity contribution in [2.45, 2.75) is 74.9 Å². The number of nitrogens with zero attached hydrogens (tertiary/aromatic N) is 4. The molecule has 2 heterocycles. The number of rotatable bonds is 6. The standard InChI is InChI=1S/C20H27N5OS/c1-13-5-3-4-6-17(13)22-19(26)14(2)27-20-24-23-18(25(20)16-7-8-16)15-9-11-21-12-10-15/h9-14,16-17H,3-8H2,1-2H3,(H,22,26)/t13-,14-,17+/m1/s1. The molecular weight excluding hydrogens is 358 g/mol. The fourth-order valence-electron chi connectivity index (χ4n) is 3.76. The molecule has 3 atom stereocenters. The molecule has 0 spiro atoms. The van der Waals surface area contributed by atoms with E-state index in [0.29, 0.717) is 18.0 Å². The predicted octanol–water partition coefficient (Wildman–Crippen LogP) is 3.85. The van der Waals surface area contributed by atoms with E-state index in [1.165, 1.54) is 31.0 Å². The van der Waals surface area contributed by atoms with Crippen LogP contribution >= 0.6 is 11.8 Å². The summed E-state index contributed by atoms with van der Waals surface area (Å²) in [5, 5.41) is 12.7. The Labute approximate surface area is 164 Å². The second-order valence-corrected chi connectivity index (χ2v) is 9.09. The normalized spacial score (nSPS) is 23.8. The molecule has 2 aliphatic rings. The first-order valence-corrected chi connectivity index (χ1v) is 10.8. The molecule has 0 unspecified atom stereocenters. The number of pyridine rings is 1. The van der Waals surface area contributed by atoms with E-state index in [9.17, 15) is 4.79 Å². The highest BCUT2D eigenvalue weighted by Gasteiger charge is 2.32. The molecule has 2 saturated carbocycles. The summed E-state index contributed by atoms with van der Waals surface area (Å²) in [4.78, 5) is 16.8. The van der Waals surface area contributed by atoms with Crippen LogP contribution in [0.15, 0.2) is 29.7 Å². The number of carbonyl (C=O) groups is 1. The minimum atomic E-state index is -0.189. The van der Waals surface area contributed by atoms with Gasteiger partial charge in [-0.3, -0.25) is 14.3 Å². The van der Waals surface area contributed by atoms with Crippen molar-refractivity contribution in [2.24, 2.45) is 5.92 Å². The Morgan fingerprint density at radius 3 is 2.63 bits per heavy atom. The Morgan fingerprint density at radius 2 is 1.93 bits per heavy atom. The van der Waals surface area contributed by atoms with Crippen molar-refractivity contribution in [3.05, 3.63) is 24.5 Å². The lowest BCUT2D eigenvalue weighted by atomic mass is 9.86. The first-order valence-electron chi connectivity index (χ1n) is 9.96. The second kappa shape index (κ2) is 8.00. The van der Waals surface area contributed by atoms with E-state index in [4.69, 9.17) is 0 Å². The van der Waals surface area contributed by atoms with Gasteiger partial charge in [0, 0.05) is 30.0 Å². The molecule has 6 nitrogen and oxygen atoms in total. The molecule has 0 aliphatic heterocycles. The van der Waals surface area contributed by atoms with Crippen molar-refractivity contribution in [3.8, 4) is 11.4 Å². The minimum Gasteiger partial charge on any atom is -0.352 e. The molecule has 0 aromatic carbocycles. The third kappa shape index (κ3) is 4.18. The Hall–Kier alpha value is -1.89. The van der Waals surface area contributed by atoms with Gasteiger partial charge in [0.05, 0.1) is 5.25 Å². The van der Waals surface area contributed by atoms with E-state index in [1.54, 1.807) is 12.4 Å². The number of aromatic nitrogens is 4. The zero-order chi connectivity index (χ0) is 18.8. The van der Waals surface area contributed by atoms with E-state index in [-0.39, 0.29) is 11.2 Å². The monoisotopic (exact) mass is 385 g/mol. The molecule has 2 aliphatic carbocycles. The molecule has 2 aromatic rings. The highest BCUT2D eigenvalue weighted by atomic mass is 32.2. The Kier molecular flexibility index (Phi) is 5.48. The average molecular weight is 386 g/mol. The van der Waals surface area contributed by atoms with Crippen molar-refractivity contribution in [2.75, 3.05) is 0 Å². The Balaban J connectivity index is 1.47. The number of thioether (sulfide) groups is 1. The smallest absolute Gasteiger partial charge is 0.233 e. The van der Waals surface area contributed by atoms with Gasteiger partial charge < -0.3 is 5.32 Å². The Bertz CT molecular complexity index is 789. The molecule has 1 amide bonds. The van der Waals surface area contributed by atoms with Crippen LogP contribution < -0.4 is 5.32 Å². The first-order chi connectivity index (χ1) is 13.1. The van der Waals surface area contributed by atoms with Crippen LogP contribution in [-0.2, 0) is 4.79 Å². The Morgan fingerprint density at radius 1 is 1.19 bits per heavy atom. The fraction of sp³-hybridized carbons (Fsp3) is 0.600. The van der Waals surface area contributed by atoms with Crippen LogP contribution in [0.1, 0.15) is 58.4 Å². The largest absolute Gasteiger partial charge is 0.352 e. The van der Waals surface area contributed by atoms with Crippen molar-refractivity contribution >= 4 is 17.7 Å². The highest BCUT2D eigenvalue weighted by Crippen LogP contribution is 2.41. The van der Waals surface area contributed by atoms with E-state index < -0.39 is 0 Å². The maximum atomic E-state index is 12.7. The highest BCUT2D eigenvalue weighted by molar-refractivity contribution is 8.00. The lowest BCUT2D eigenvalue weighted by Crippen LogP contribution is -2.44. The van der Waals surface area contributed by atoms with Crippen molar-refractivity contribution in [3.63, 3.8) is 0 Å². The molecule has 1 N–H and O–H groups in total. The van der Waals surface area contributed by atoms with Crippen LogP contribution in [0, 0.1) is 5.92 Å². The average Bonchev–Trinajstić information content (AvgIpc) is 3.44. The van der Waals surface area contributed by atoms with Gasteiger partial charge in [-0.2, -0.15) is 0 Å². The number of hydrogen-bond acceptors (Lipinski definition) is 5. The molecule has 2 fully saturated rings. The predicted molar refractivity (Wildman–Crippen MR) is 106 cm³/mol. The van der Waals surface area contributed by atoms with Crippen molar-refractivity contribution in [1.29, 1.82) is 0 Å². The van der Waals surface area contributed by atoms with Gasteiger partial charge in [-0.05, 0) is 50.7 Å². The van der Waals surface area contributed by atoms with E-state index in [2.05, 4.69) is 32.0 Å². The quantitative estimate of drug-likeness (QED) is 0.765. The molecule has 0 radical (unpaired) electrons. The summed E-state index contributed by atoms with van der Waals surface area (Å²) >= 11 is 1.51. The van der Waals surface area contributed by atoms with Crippen LogP contribution in [-0.4, -0.2) is 36.9 Å². The number of hydrogen-bond donors (Lipinski definition) is 1.